The first-order valence-corrected chi connectivity index (χ1v) is 5.12. The van der Waals surface area contributed by atoms with Crippen molar-refractivity contribution in [1.82, 2.24) is 0 Å². The van der Waals surface area contributed by atoms with Crippen LogP contribution in [0, 0.1) is 0 Å². The van der Waals surface area contributed by atoms with Gasteiger partial charge in [-0.25, -0.2) is 4.79 Å². The molecule has 0 radical (unpaired) electrons. The Hall–Kier alpha value is -1.89. The summed E-state index contributed by atoms with van der Waals surface area (Å²) in [6, 6.07) is 14.8. The molecule has 2 nitrogen and oxygen atoms in total. The van der Waals surface area contributed by atoms with Crippen molar-refractivity contribution in [3.63, 3.8) is 0 Å². The van der Waals surface area contributed by atoms with Crippen molar-refractivity contribution in [2.24, 2.45) is 4.99 Å². The number of aliphatic imine (C=N–C) groups is 1. The van der Waals surface area contributed by atoms with Gasteiger partial charge in [0, 0.05) is 5.56 Å². The van der Waals surface area contributed by atoms with Gasteiger partial charge in [0.1, 0.15) is 0 Å². The van der Waals surface area contributed by atoms with Gasteiger partial charge in [-0.3, -0.25) is 0 Å². The van der Waals surface area contributed by atoms with Crippen LogP contribution in [-0.2, 0) is 4.79 Å². The van der Waals surface area contributed by atoms with E-state index in [0.29, 0.717) is 10.7 Å². The summed E-state index contributed by atoms with van der Waals surface area (Å²) in [5.74, 6) is 0. The van der Waals surface area contributed by atoms with Gasteiger partial charge in [0.15, 0.2) is 0 Å². The van der Waals surface area contributed by atoms with E-state index >= 15 is 0 Å². The van der Waals surface area contributed by atoms with Crippen molar-refractivity contribution in [1.29, 1.82) is 0 Å². The molecule has 0 aromatic heterocycles. The Balaban J connectivity index is 2.68. The van der Waals surface area contributed by atoms with Crippen LogP contribution >= 0.6 is 11.6 Å². The fourth-order valence-electron chi connectivity index (χ4n) is 1.55. The molecule has 0 unspecified atom stereocenters. The highest BCUT2D eigenvalue weighted by Gasteiger charge is 2.08. The Bertz CT molecular complexity index is 545. The molecule has 0 bridgehead atoms. The molecule has 0 aliphatic rings. The van der Waals surface area contributed by atoms with E-state index in [2.05, 4.69) is 4.99 Å². The Morgan fingerprint density at radius 1 is 1.00 bits per heavy atom. The fourth-order valence-corrected chi connectivity index (χ4v) is 1.82. The van der Waals surface area contributed by atoms with Gasteiger partial charge in [0.25, 0.3) is 0 Å². The molecule has 78 valence electrons. The van der Waals surface area contributed by atoms with Gasteiger partial charge in [-0.2, -0.15) is 4.99 Å². The number of hydrogen-bond donors (Lipinski definition) is 0. The van der Waals surface area contributed by atoms with E-state index in [1.54, 1.807) is 18.2 Å². The van der Waals surface area contributed by atoms with Crippen molar-refractivity contribution in [2.45, 2.75) is 0 Å². The van der Waals surface area contributed by atoms with Crippen molar-refractivity contribution in [3.8, 4) is 11.1 Å². The third-order valence-electron chi connectivity index (χ3n) is 2.22. The summed E-state index contributed by atoms with van der Waals surface area (Å²) in [6.45, 7) is 0. The molecule has 0 saturated carbocycles. The molecule has 2 rings (SSSR count). The number of nitrogens with zero attached hydrogens (tertiary/aromatic N) is 1. The Morgan fingerprint density at radius 3 is 2.44 bits per heavy atom. The average molecular weight is 230 g/mol. The van der Waals surface area contributed by atoms with Gasteiger partial charge in [0.05, 0.1) is 10.7 Å². The first-order valence-electron chi connectivity index (χ1n) is 4.75. The van der Waals surface area contributed by atoms with Gasteiger partial charge in [-0.15, -0.1) is 0 Å². The monoisotopic (exact) mass is 229 g/mol. The highest BCUT2D eigenvalue weighted by atomic mass is 35.5. The van der Waals surface area contributed by atoms with Crippen molar-refractivity contribution in [3.05, 3.63) is 53.6 Å². The zero-order valence-electron chi connectivity index (χ0n) is 8.35. The van der Waals surface area contributed by atoms with E-state index in [1.807, 2.05) is 30.3 Å². The molecule has 0 amide bonds. The molecule has 0 aliphatic carbocycles. The highest BCUT2D eigenvalue weighted by Crippen LogP contribution is 2.35. The van der Waals surface area contributed by atoms with Crippen LogP contribution in [0.2, 0.25) is 5.02 Å². The van der Waals surface area contributed by atoms with E-state index in [-0.39, 0.29) is 0 Å². The van der Waals surface area contributed by atoms with Crippen LogP contribution in [0.3, 0.4) is 0 Å². The second kappa shape index (κ2) is 4.75. The van der Waals surface area contributed by atoms with Crippen LogP contribution in [0.25, 0.3) is 11.1 Å². The molecule has 2 aromatic rings. The molecular formula is C13H8ClNO. The minimum Gasteiger partial charge on any atom is -0.211 e. The largest absolute Gasteiger partial charge is 0.240 e. The summed E-state index contributed by atoms with van der Waals surface area (Å²) in [6.07, 6.45) is 1.54. The average Bonchev–Trinajstić information content (AvgIpc) is 2.31. The first-order chi connectivity index (χ1) is 7.83. The topological polar surface area (TPSA) is 29.4 Å². The SMILES string of the molecule is O=C=Nc1cccc(Cl)c1-c1ccccc1. The minimum atomic E-state index is 0.536. The Labute approximate surface area is 98.2 Å². The second-order valence-electron chi connectivity index (χ2n) is 3.20. The van der Waals surface area contributed by atoms with Gasteiger partial charge >= 0.3 is 0 Å². The number of carbonyl (C=O) groups excluding carboxylic acids is 1. The van der Waals surface area contributed by atoms with Crippen molar-refractivity contribution >= 4 is 23.4 Å². The van der Waals surface area contributed by atoms with Crippen LogP contribution < -0.4 is 0 Å². The number of hydrogen-bond acceptors (Lipinski definition) is 2. The maximum absolute atomic E-state index is 10.3. The predicted octanol–water partition coefficient (Wildman–Crippen LogP) is 3.97. The summed E-state index contributed by atoms with van der Waals surface area (Å²) in [4.78, 5) is 14.0. The highest BCUT2D eigenvalue weighted by molar-refractivity contribution is 6.34. The quantitative estimate of drug-likeness (QED) is 0.566. The van der Waals surface area contributed by atoms with Gasteiger partial charge in [-0.1, -0.05) is 48.0 Å². The standard InChI is InChI=1S/C13H8ClNO/c14-11-7-4-8-12(15-9-16)13(11)10-5-2-1-3-6-10/h1-8H. The lowest BCUT2D eigenvalue weighted by Crippen LogP contribution is -1.80. The van der Waals surface area contributed by atoms with E-state index in [1.165, 1.54) is 6.08 Å². The van der Waals surface area contributed by atoms with E-state index in [0.717, 1.165) is 11.1 Å². The molecule has 16 heavy (non-hydrogen) atoms. The van der Waals surface area contributed by atoms with Crippen LogP contribution in [0.5, 0.6) is 0 Å². The molecule has 0 heterocycles. The van der Waals surface area contributed by atoms with Gasteiger partial charge in [-0.05, 0) is 17.7 Å². The summed E-state index contributed by atoms with van der Waals surface area (Å²) >= 11 is 6.11. The molecule has 0 N–H and O–H groups in total. The van der Waals surface area contributed by atoms with Crippen LogP contribution in [0.15, 0.2) is 53.5 Å². The number of rotatable bonds is 2. The first kappa shape index (κ1) is 10.6. The second-order valence-corrected chi connectivity index (χ2v) is 3.61. The summed E-state index contributed by atoms with van der Waals surface area (Å²) in [5, 5.41) is 0.572. The predicted molar refractivity (Wildman–Crippen MR) is 64.7 cm³/mol. The lowest BCUT2D eigenvalue weighted by atomic mass is 10.0. The molecule has 0 atom stereocenters. The molecule has 3 heteroatoms. The molecule has 2 aromatic carbocycles. The smallest absolute Gasteiger partial charge is 0.211 e. The normalized spacial score (nSPS) is 9.56. The fraction of sp³-hybridized carbons (Fsp3) is 0. The lowest BCUT2D eigenvalue weighted by molar-refractivity contribution is 0.565. The molecular weight excluding hydrogens is 222 g/mol. The maximum atomic E-state index is 10.3. The zero-order valence-corrected chi connectivity index (χ0v) is 9.11. The molecule has 0 spiro atoms. The molecule has 0 aliphatic heterocycles. The molecule has 0 fully saturated rings. The van der Waals surface area contributed by atoms with Crippen LogP contribution in [0.4, 0.5) is 5.69 Å². The van der Waals surface area contributed by atoms with Crippen LogP contribution in [0.1, 0.15) is 0 Å². The van der Waals surface area contributed by atoms with Crippen LogP contribution in [-0.4, -0.2) is 6.08 Å². The third-order valence-corrected chi connectivity index (χ3v) is 2.54. The Kier molecular flexibility index (Phi) is 3.16. The van der Waals surface area contributed by atoms with Gasteiger partial charge < -0.3 is 0 Å². The van der Waals surface area contributed by atoms with Crippen molar-refractivity contribution < 1.29 is 4.79 Å². The number of isocyanates is 1. The van der Waals surface area contributed by atoms with E-state index in [9.17, 15) is 4.79 Å². The van der Waals surface area contributed by atoms with Gasteiger partial charge in [0.2, 0.25) is 6.08 Å². The van der Waals surface area contributed by atoms with Crippen molar-refractivity contribution in [2.75, 3.05) is 0 Å². The molecule has 0 saturated heterocycles. The Morgan fingerprint density at radius 2 is 1.75 bits per heavy atom. The third kappa shape index (κ3) is 2.03. The summed E-state index contributed by atoms with van der Waals surface area (Å²) in [7, 11) is 0. The summed E-state index contributed by atoms with van der Waals surface area (Å²) in [5.41, 5.74) is 2.23. The zero-order chi connectivity index (χ0) is 11.4. The summed E-state index contributed by atoms with van der Waals surface area (Å²) < 4.78 is 0. The minimum absolute atomic E-state index is 0.536. The number of halogens is 1. The number of benzene rings is 2. The maximum Gasteiger partial charge on any atom is 0.240 e. The van der Waals surface area contributed by atoms with E-state index in [4.69, 9.17) is 11.6 Å². The lowest BCUT2D eigenvalue weighted by Gasteiger charge is -2.06. The van der Waals surface area contributed by atoms with E-state index < -0.39 is 0 Å².